The normalized spacial score (nSPS) is 12.1. The van der Waals surface area contributed by atoms with Crippen molar-refractivity contribution in [2.24, 2.45) is 0 Å². The third-order valence-corrected chi connectivity index (χ3v) is 2.99. The molecule has 2 rings (SSSR count). The van der Waals surface area contributed by atoms with E-state index in [1.807, 2.05) is 30.3 Å². The number of nitrogens with one attached hydrogen (secondary N) is 1. The third-order valence-electron chi connectivity index (χ3n) is 2.99. The molecule has 1 unspecified atom stereocenters. The Morgan fingerprint density at radius 2 is 2.19 bits per heavy atom. The van der Waals surface area contributed by atoms with Gasteiger partial charge in [0, 0.05) is 19.9 Å². The fourth-order valence-electron chi connectivity index (χ4n) is 1.89. The first-order valence-electron chi connectivity index (χ1n) is 6.76. The lowest BCUT2D eigenvalue weighted by Crippen LogP contribution is -2.28. The van der Waals surface area contributed by atoms with Crippen molar-refractivity contribution < 1.29 is 14.6 Å². The van der Waals surface area contributed by atoms with Crippen LogP contribution in [0.1, 0.15) is 16.8 Å². The monoisotopic (exact) mass is 289 g/mol. The first kappa shape index (κ1) is 15.2. The zero-order valence-corrected chi connectivity index (χ0v) is 11.9. The van der Waals surface area contributed by atoms with E-state index in [0.717, 1.165) is 5.69 Å². The van der Waals surface area contributed by atoms with Crippen LogP contribution < -0.4 is 5.32 Å². The van der Waals surface area contributed by atoms with Gasteiger partial charge < -0.3 is 15.2 Å². The molecule has 1 amide bonds. The Balaban J connectivity index is 1.88. The van der Waals surface area contributed by atoms with Crippen LogP contribution in [0.2, 0.25) is 0 Å². The number of nitrogens with zero attached hydrogens (tertiary/aromatic N) is 2. The van der Waals surface area contributed by atoms with Gasteiger partial charge in [0.1, 0.15) is 0 Å². The molecule has 21 heavy (non-hydrogen) atoms. The van der Waals surface area contributed by atoms with Crippen molar-refractivity contribution in [3.05, 3.63) is 48.3 Å². The molecule has 2 aromatic rings. The molecule has 6 nitrogen and oxygen atoms in total. The summed E-state index contributed by atoms with van der Waals surface area (Å²) in [5.41, 5.74) is 1.38. The van der Waals surface area contributed by atoms with Gasteiger partial charge in [0.15, 0.2) is 0 Å². The highest BCUT2D eigenvalue weighted by Crippen LogP contribution is 2.07. The summed E-state index contributed by atoms with van der Waals surface area (Å²) in [6.07, 6.45) is 3.08. The maximum Gasteiger partial charge on any atom is 0.254 e. The first-order chi connectivity index (χ1) is 10.2. The van der Waals surface area contributed by atoms with E-state index < -0.39 is 6.10 Å². The SMILES string of the molecule is COCC(O)CCNC(=O)c1cnn(-c2ccccc2)c1. The molecule has 0 spiro atoms. The Labute approximate surface area is 123 Å². The highest BCUT2D eigenvalue weighted by Gasteiger charge is 2.10. The summed E-state index contributed by atoms with van der Waals surface area (Å²) in [6.45, 7) is 0.654. The maximum atomic E-state index is 12.0. The number of methoxy groups -OCH3 is 1. The van der Waals surface area contributed by atoms with Crippen LogP contribution in [0.25, 0.3) is 5.69 Å². The van der Waals surface area contributed by atoms with Crippen LogP contribution in [0.3, 0.4) is 0 Å². The number of benzene rings is 1. The molecule has 1 atom stereocenters. The van der Waals surface area contributed by atoms with Crippen molar-refractivity contribution in [3.8, 4) is 5.69 Å². The minimum atomic E-state index is -0.567. The van der Waals surface area contributed by atoms with Gasteiger partial charge in [-0.25, -0.2) is 4.68 Å². The molecule has 0 aliphatic carbocycles. The average Bonchev–Trinajstić information content (AvgIpc) is 2.98. The molecule has 0 fully saturated rings. The van der Waals surface area contributed by atoms with Crippen molar-refractivity contribution in [3.63, 3.8) is 0 Å². The average molecular weight is 289 g/mol. The lowest BCUT2D eigenvalue weighted by atomic mass is 10.2. The van der Waals surface area contributed by atoms with Gasteiger partial charge in [-0.2, -0.15) is 5.10 Å². The lowest BCUT2D eigenvalue weighted by Gasteiger charge is -2.09. The van der Waals surface area contributed by atoms with Crippen LogP contribution >= 0.6 is 0 Å². The van der Waals surface area contributed by atoms with Gasteiger partial charge >= 0.3 is 0 Å². The lowest BCUT2D eigenvalue weighted by molar-refractivity contribution is 0.0587. The third kappa shape index (κ3) is 4.40. The number of aromatic nitrogens is 2. The molecule has 0 aliphatic rings. The Bertz CT molecular complexity index is 569. The highest BCUT2D eigenvalue weighted by molar-refractivity contribution is 5.93. The molecule has 1 aromatic carbocycles. The molecule has 112 valence electrons. The van der Waals surface area contributed by atoms with Gasteiger partial charge in [-0.15, -0.1) is 0 Å². The molecular formula is C15H19N3O3. The van der Waals surface area contributed by atoms with Crippen LogP contribution in [-0.4, -0.2) is 47.2 Å². The molecule has 0 saturated heterocycles. The molecule has 1 heterocycles. The van der Waals surface area contributed by atoms with E-state index in [1.165, 1.54) is 13.3 Å². The molecule has 1 aromatic heterocycles. The minimum Gasteiger partial charge on any atom is -0.391 e. The van der Waals surface area contributed by atoms with Crippen LogP contribution in [-0.2, 0) is 4.74 Å². The number of para-hydroxylation sites is 1. The number of rotatable bonds is 7. The Kier molecular flexibility index (Phi) is 5.48. The van der Waals surface area contributed by atoms with E-state index in [2.05, 4.69) is 10.4 Å². The van der Waals surface area contributed by atoms with Crippen molar-refractivity contribution >= 4 is 5.91 Å². The van der Waals surface area contributed by atoms with E-state index in [4.69, 9.17) is 4.74 Å². The summed E-state index contributed by atoms with van der Waals surface area (Å²) in [7, 11) is 1.53. The minimum absolute atomic E-state index is 0.207. The molecular weight excluding hydrogens is 270 g/mol. The van der Waals surface area contributed by atoms with Gasteiger partial charge in [-0.1, -0.05) is 18.2 Å². The number of aliphatic hydroxyl groups excluding tert-OH is 1. The largest absolute Gasteiger partial charge is 0.391 e. The maximum absolute atomic E-state index is 12.0. The second kappa shape index (κ2) is 7.56. The zero-order chi connectivity index (χ0) is 15.1. The second-order valence-corrected chi connectivity index (χ2v) is 4.66. The highest BCUT2D eigenvalue weighted by atomic mass is 16.5. The van der Waals surface area contributed by atoms with E-state index in [1.54, 1.807) is 10.9 Å². The number of hydrogen-bond donors (Lipinski definition) is 2. The summed E-state index contributed by atoms with van der Waals surface area (Å²) in [6, 6.07) is 9.57. The van der Waals surface area contributed by atoms with Crippen molar-refractivity contribution in [2.45, 2.75) is 12.5 Å². The Morgan fingerprint density at radius 1 is 1.43 bits per heavy atom. The number of carbonyl (C=O) groups is 1. The van der Waals surface area contributed by atoms with Gasteiger partial charge in [0.2, 0.25) is 0 Å². The number of hydrogen-bond acceptors (Lipinski definition) is 4. The summed E-state index contributed by atoms with van der Waals surface area (Å²) in [5, 5.41) is 16.4. The van der Waals surface area contributed by atoms with Gasteiger partial charge in [-0.05, 0) is 18.6 Å². The van der Waals surface area contributed by atoms with Crippen LogP contribution in [0.15, 0.2) is 42.7 Å². The van der Waals surface area contributed by atoms with Gasteiger partial charge in [-0.3, -0.25) is 4.79 Å². The number of aliphatic hydroxyl groups is 1. The van der Waals surface area contributed by atoms with Crippen LogP contribution in [0, 0.1) is 0 Å². The molecule has 0 saturated carbocycles. The predicted octanol–water partition coefficient (Wildman–Crippen LogP) is 0.999. The summed E-state index contributed by atoms with van der Waals surface area (Å²) >= 11 is 0. The standard InChI is InChI=1S/C15H19N3O3/c1-21-11-14(19)7-8-16-15(20)12-9-17-18(10-12)13-5-3-2-4-6-13/h2-6,9-10,14,19H,7-8,11H2,1H3,(H,16,20). The first-order valence-corrected chi connectivity index (χ1v) is 6.76. The fourth-order valence-corrected chi connectivity index (χ4v) is 1.89. The van der Waals surface area contributed by atoms with Crippen LogP contribution in [0.5, 0.6) is 0 Å². The Hall–Kier alpha value is -2.18. The Morgan fingerprint density at radius 3 is 2.90 bits per heavy atom. The number of carbonyl (C=O) groups excluding carboxylic acids is 1. The fraction of sp³-hybridized carbons (Fsp3) is 0.333. The molecule has 6 heteroatoms. The molecule has 2 N–H and O–H groups in total. The predicted molar refractivity (Wildman–Crippen MR) is 78.4 cm³/mol. The smallest absolute Gasteiger partial charge is 0.254 e. The van der Waals surface area contributed by atoms with E-state index in [9.17, 15) is 9.90 Å². The van der Waals surface area contributed by atoms with Crippen LogP contribution in [0.4, 0.5) is 0 Å². The van der Waals surface area contributed by atoms with Crippen molar-refractivity contribution in [1.29, 1.82) is 0 Å². The number of ether oxygens (including phenoxy) is 1. The summed E-state index contributed by atoms with van der Waals surface area (Å²) in [5.74, 6) is -0.207. The van der Waals surface area contributed by atoms with E-state index in [0.29, 0.717) is 18.5 Å². The molecule has 0 bridgehead atoms. The van der Waals surface area contributed by atoms with E-state index >= 15 is 0 Å². The number of amides is 1. The van der Waals surface area contributed by atoms with E-state index in [-0.39, 0.29) is 12.5 Å². The molecule has 0 radical (unpaired) electrons. The summed E-state index contributed by atoms with van der Waals surface area (Å²) in [4.78, 5) is 12.0. The second-order valence-electron chi connectivity index (χ2n) is 4.66. The zero-order valence-electron chi connectivity index (χ0n) is 11.9. The van der Waals surface area contributed by atoms with Gasteiger partial charge in [0.25, 0.3) is 5.91 Å². The van der Waals surface area contributed by atoms with Gasteiger partial charge in [0.05, 0.1) is 30.2 Å². The molecule has 0 aliphatic heterocycles. The quantitative estimate of drug-likeness (QED) is 0.797. The van der Waals surface area contributed by atoms with Crippen molar-refractivity contribution in [1.82, 2.24) is 15.1 Å². The summed E-state index contributed by atoms with van der Waals surface area (Å²) < 4.78 is 6.47. The topological polar surface area (TPSA) is 76.4 Å². The van der Waals surface area contributed by atoms with Crippen molar-refractivity contribution in [2.75, 3.05) is 20.3 Å².